The van der Waals surface area contributed by atoms with Crippen molar-refractivity contribution in [1.29, 1.82) is 0 Å². The molecule has 0 spiro atoms. The largest absolute Gasteiger partial charge is 0.373 e. The predicted molar refractivity (Wildman–Crippen MR) is 102 cm³/mol. The van der Waals surface area contributed by atoms with Crippen molar-refractivity contribution in [1.82, 2.24) is 15.1 Å². The predicted octanol–water partition coefficient (Wildman–Crippen LogP) is 2.70. The zero-order chi connectivity index (χ0) is 18.7. The van der Waals surface area contributed by atoms with Gasteiger partial charge in [-0.1, -0.05) is 0 Å². The molecule has 1 unspecified atom stereocenters. The number of hydrogen-bond donors (Lipinski definition) is 1. The second-order valence-electron chi connectivity index (χ2n) is 7.46. The van der Waals surface area contributed by atoms with Gasteiger partial charge in [0.25, 0.3) is 0 Å². The number of likely N-dealkylation sites (N-methyl/N-ethyl adjacent to an activating group) is 1. The Bertz CT molecular complexity index is 611. The molecule has 140 valence electrons. The van der Waals surface area contributed by atoms with Crippen molar-refractivity contribution < 1.29 is 9.53 Å². The van der Waals surface area contributed by atoms with Crippen molar-refractivity contribution in [3.05, 3.63) is 33.4 Å². The Balaban J connectivity index is 2.03. The summed E-state index contributed by atoms with van der Waals surface area (Å²) >= 11 is 0. The Morgan fingerprint density at radius 2 is 1.64 bits per heavy atom. The molecule has 2 amide bonds. The molecule has 1 aromatic carbocycles. The Hall–Kier alpha value is -1.59. The quantitative estimate of drug-likeness (QED) is 0.911. The number of morpholine rings is 1. The van der Waals surface area contributed by atoms with E-state index in [0.29, 0.717) is 26.2 Å². The van der Waals surface area contributed by atoms with Crippen LogP contribution in [0.4, 0.5) is 4.79 Å². The van der Waals surface area contributed by atoms with E-state index in [-0.39, 0.29) is 12.1 Å². The van der Waals surface area contributed by atoms with Crippen LogP contribution in [-0.4, -0.2) is 62.3 Å². The maximum Gasteiger partial charge on any atom is 0.317 e. The van der Waals surface area contributed by atoms with Gasteiger partial charge in [0.15, 0.2) is 0 Å². The maximum atomic E-state index is 12.6. The molecule has 1 aromatic rings. The van der Waals surface area contributed by atoms with Gasteiger partial charge in [0, 0.05) is 26.2 Å². The lowest BCUT2D eigenvalue weighted by atomic mass is 9.89. The summed E-state index contributed by atoms with van der Waals surface area (Å²) in [5.41, 5.74) is 7.81. The van der Waals surface area contributed by atoms with Crippen molar-refractivity contribution in [2.45, 2.75) is 47.3 Å². The number of carbonyl (C=O) groups excluding carboxylic acids is 1. The van der Waals surface area contributed by atoms with Crippen LogP contribution in [0.25, 0.3) is 0 Å². The summed E-state index contributed by atoms with van der Waals surface area (Å²) < 4.78 is 5.75. The summed E-state index contributed by atoms with van der Waals surface area (Å²) in [6, 6.07) is 0.00161. The van der Waals surface area contributed by atoms with E-state index in [1.165, 1.54) is 33.4 Å². The molecule has 0 radical (unpaired) electrons. The molecule has 1 atom stereocenters. The number of hydrogen-bond acceptors (Lipinski definition) is 3. The third-order valence-corrected chi connectivity index (χ3v) is 5.57. The second-order valence-corrected chi connectivity index (χ2v) is 7.46. The smallest absolute Gasteiger partial charge is 0.317 e. The van der Waals surface area contributed by atoms with Gasteiger partial charge in [-0.15, -0.1) is 0 Å². The van der Waals surface area contributed by atoms with E-state index in [2.05, 4.69) is 44.8 Å². The summed E-state index contributed by atoms with van der Waals surface area (Å²) in [4.78, 5) is 16.6. The van der Waals surface area contributed by atoms with Crippen molar-refractivity contribution in [3.8, 4) is 0 Å². The van der Waals surface area contributed by atoms with E-state index in [9.17, 15) is 4.79 Å². The molecular formula is C20H33N3O2. The van der Waals surface area contributed by atoms with Crippen LogP contribution in [0, 0.1) is 34.6 Å². The van der Waals surface area contributed by atoms with Crippen LogP contribution >= 0.6 is 0 Å². The minimum absolute atomic E-state index is 0.00161. The van der Waals surface area contributed by atoms with Gasteiger partial charge >= 0.3 is 6.03 Å². The van der Waals surface area contributed by atoms with Gasteiger partial charge in [-0.25, -0.2) is 4.79 Å². The zero-order valence-corrected chi connectivity index (χ0v) is 16.8. The molecule has 5 heteroatoms. The summed E-state index contributed by atoms with van der Waals surface area (Å²) in [5, 5.41) is 3.12. The minimum Gasteiger partial charge on any atom is -0.373 e. The number of rotatable bonds is 4. The molecule has 1 fully saturated rings. The summed E-state index contributed by atoms with van der Waals surface area (Å²) in [6.45, 7) is 14.1. The van der Waals surface area contributed by atoms with Crippen LogP contribution in [0.1, 0.15) is 33.4 Å². The molecule has 1 aliphatic heterocycles. The molecule has 1 heterocycles. The lowest BCUT2D eigenvalue weighted by molar-refractivity contribution is -0.0246. The van der Waals surface area contributed by atoms with Crippen LogP contribution in [0.3, 0.4) is 0 Å². The third kappa shape index (κ3) is 4.53. The van der Waals surface area contributed by atoms with Crippen LogP contribution in [0.2, 0.25) is 0 Å². The SMILES string of the molecule is Cc1c(C)c(C)c(CNC(=O)N2CCOC(CN(C)C)C2)c(C)c1C. The Kier molecular flexibility index (Phi) is 6.47. The first kappa shape index (κ1) is 19.7. The highest BCUT2D eigenvalue weighted by atomic mass is 16.5. The van der Waals surface area contributed by atoms with E-state index in [4.69, 9.17) is 4.74 Å². The van der Waals surface area contributed by atoms with Gasteiger partial charge < -0.3 is 19.9 Å². The number of carbonyl (C=O) groups is 1. The molecule has 5 nitrogen and oxygen atoms in total. The molecule has 2 rings (SSSR count). The maximum absolute atomic E-state index is 12.6. The molecule has 0 saturated carbocycles. The highest BCUT2D eigenvalue weighted by Crippen LogP contribution is 2.25. The lowest BCUT2D eigenvalue weighted by Crippen LogP contribution is -2.51. The Morgan fingerprint density at radius 3 is 2.20 bits per heavy atom. The summed E-state index contributed by atoms with van der Waals surface area (Å²) in [7, 11) is 4.05. The first-order valence-electron chi connectivity index (χ1n) is 9.07. The molecule has 0 bridgehead atoms. The molecule has 0 aromatic heterocycles. The molecule has 1 aliphatic rings. The van der Waals surface area contributed by atoms with E-state index in [1.807, 2.05) is 19.0 Å². The summed E-state index contributed by atoms with van der Waals surface area (Å²) in [6.07, 6.45) is 0.0850. The van der Waals surface area contributed by atoms with E-state index in [1.54, 1.807) is 0 Å². The number of nitrogens with zero attached hydrogens (tertiary/aromatic N) is 2. The molecule has 25 heavy (non-hydrogen) atoms. The average molecular weight is 348 g/mol. The lowest BCUT2D eigenvalue weighted by Gasteiger charge is -2.34. The van der Waals surface area contributed by atoms with E-state index < -0.39 is 0 Å². The first-order valence-corrected chi connectivity index (χ1v) is 9.07. The topological polar surface area (TPSA) is 44.8 Å². The standard InChI is InChI=1S/C20H33N3O2/c1-13-14(2)16(4)19(17(5)15(13)3)10-21-20(24)23-8-9-25-18(12-23)11-22(6)7/h18H,8-12H2,1-7H3,(H,21,24). The zero-order valence-electron chi connectivity index (χ0n) is 16.8. The highest BCUT2D eigenvalue weighted by Gasteiger charge is 2.24. The fourth-order valence-corrected chi connectivity index (χ4v) is 3.54. The van der Waals surface area contributed by atoms with Crippen LogP contribution in [0.5, 0.6) is 0 Å². The second kappa shape index (κ2) is 8.19. The fraction of sp³-hybridized carbons (Fsp3) is 0.650. The van der Waals surface area contributed by atoms with Gasteiger partial charge in [-0.05, 0) is 82.1 Å². The number of urea groups is 1. The van der Waals surface area contributed by atoms with Crippen LogP contribution in [0.15, 0.2) is 0 Å². The third-order valence-electron chi connectivity index (χ3n) is 5.57. The van der Waals surface area contributed by atoms with Crippen LogP contribution < -0.4 is 5.32 Å². The Labute approximate surface area is 152 Å². The van der Waals surface area contributed by atoms with Gasteiger partial charge in [0.1, 0.15) is 0 Å². The van der Waals surface area contributed by atoms with E-state index >= 15 is 0 Å². The molecule has 1 N–H and O–H groups in total. The fourth-order valence-electron chi connectivity index (χ4n) is 3.54. The molecular weight excluding hydrogens is 314 g/mol. The van der Waals surface area contributed by atoms with Gasteiger partial charge in [0.2, 0.25) is 0 Å². The van der Waals surface area contributed by atoms with Crippen LogP contribution in [-0.2, 0) is 11.3 Å². The monoisotopic (exact) mass is 347 g/mol. The van der Waals surface area contributed by atoms with Crippen molar-refractivity contribution in [2.24, 2.45) is 0 Å². The minimum atomic E-state index is 0.00161. The average Bonchev–Trinajstić information content (AvgIpc) is 2.57. The van der Waals surface area contributed by atoms with Crippen molar-refractivity contribution >= 4 is 6.03 Å². The number of amides is 2. The highest BCUT2D eigenvalue weighted by molar-refractivity contribution is 5.74. The molecule has 0 aliphatic carbocycles. The van der Waals surface area contributed by atoms with Crippen molar-refractivity contribution in [2.75, 3.05) is 40.3 Å². The Morgan fingerprint density at radius 1 is 1.08 bits per heavy atom. The number of ether oxygens (including phenoxy) is 1. The van der Waals surface area contributed by atoms with Gasteiger partial charge in [0.05, 0.1) is 12.7 Å². The number of benzene rings is 1. The molecule has 1 saturated heterocycles. The summed E-state index contributed by atoms with van der Waals surface area (Å²) in [5.74, 6) is 0. The van der Waals surface area contributed by atoms with Gasteiger partial charge in [-0.2, -0.15) is 0 Å². The first-order chi connectivity index (χ1) is 11.7. The normalized spacial score (nSPS) is 17.9. The number of nitrogens with one attached hydrogen (secondary N) is 1. The van der Waals surface area contributed by atoms with E-state index in [0.717, 1.165) is 6.54 Å². The van der Waals surface area contributed by atoms with Crippen molar-refractivity contribution in [3.63, 3.8) is 0 Å². The van der Waals surface area contributed by atoms with Gasteiger partial charge in [-0.3, -0.25) is 0 Å².